The maximum atomic E-state index is 10.1. The zero-order chi connectivity index (χ0) is 14.5. The van der Waals surface area contributed by atoms with Crippen molar-refractivity contribution in [2.75, 3.05) is 26.2 Å². The van der Waals surface area contributed by atoms with Crippen molar-refractivity contribution in [2.45, 2.75) is 39.1 Å². The Hall–Kier alpha value is -1.10. The van der Waals surface area contributed by atoms with Crippen LogP contribution in [0, 0.1) is 6.92 Å². The third-order valence-electron chi connectivity index (χ3n) is 3.49. The zero-order valence-corrected chi connectivity index (χ0v) is 12.6. The molecule has 0 radical (unpaired) electrons. The Balaban J connectivity index is 1.78. The fraction of sp³-hybridized carbons (Fsp3) is 0.625. The van der Waals surface area contributed by atoms with Gasteiger partial charge in [0, 0.05) is 19.6 Å². The summed E-state index contributed by atoms with van der Waals surface area (Å²) in [4.78, 5) is 2.24. The second-order valence-electron chi connectivity index (χ2n) is 5.71. The van der Waals surface area contributed by atoms with E-state index >= 15 is 0 Å². The van der Waals surface area contributed by atoms with Crippen molar-refractivity contribution in [1.82, 2.24) is 4.90 Å². The van der Waals surface area contributed by atoms with Crippen LogP contribution in [0.4, 0.5) is 0 Å². The maximum absolute atomic E-state index is 10.1. The number of aryl methyl sites for hydroxylation is 1. The van der Waals surface area contributed by atoms with Crippen LogP contribution in [0.1, 0.15) is 19.4 Å². The molecule has 3 unspecified atom stereocenters. The number of hydrogen-bond acceptors (Lipinski definition) is 4. The van der Waals surface area contributed by atoms with Gasteiger partial charge < -0.3 is 14.6 Å². The van der Waals surface area contributed by atoms with E-state index < -0.39 is 6.10 Å². The molecule has 0 aliphatic carbocycles. The third kappa shape index (κ3) is 4.47. The fourth-order valence-electron chi connectivity index (χ4n) is 2.69. The Morgan fingerprint density at radius 2 is 1.95 bits per heavy atom. The van der Waals surface area contributed by atoms with Crippen LogP contribution in [0.5, 0.6) is 5.75 Å². The quantitative estimate of drug-likeness (QED) is 0.893. The maximum Gasteiger partial charge on any atom is 0.122 e. The number of morpholine rings is 1. The summed E-state index contributed by atoms with van der Waals surface area (Å²) < 4.78 is 11.4. The first-order chi connectivity index (χ1) is 9.54. The number of aliphatic hydroxyl groups is 1. The van der Waals surface area contributed by atoms with Gasteiger partial charge in [-0.1, -0.05) is 18.2 Å². The summed E-state index contributed by atoms with van der Waals surface area (Å²) in [5.74, 6) is 0.843. The van der Waals surface area contributed by atoms with E-state index in [1.807, 2.05) is 31.2 Å². The third-order valence-corrected chi connectivity index (χ3v) is 3.49. The summed E-state index contributed by atoms with van der Waals surface area (Å²) in [6, 6.07) is 7.86. The van der Waals surface area contributed by atoms with E-state index in [0.29, 0.717) is 13.2 Å². The van der Waals surface area contributed by atoms with Gasteiger partial charge in [0.25, 0.3) is 0 Å². The van der Waals surface area contributed by atoms with Crippen molar-refractivity contribution >= 4 is 0 Å². The monoisotopic (exact) mass is 279 g/mol. The lowest BCUT2D eigenvalue weighted by Gasteiger charge is -2.36. The van der Waals surface area contributed by atoms with E-state index in [4.69, 9.17) is 9.47 Å². The minimum atomic E-state index is -0.480. The second kappa shape index (κ2) is 7.07. The summed E-state index contributed by atoms with van der Waals surface area (Å²) in [7, 11) is 0. The lowest BCUT2D eigenvalue weighted by Crippen LogP contribution is -2.48. The Labute approximate surface area is 121 Å². The van der Waals surface area contributed by atoms with Crippen LogP contribution in [0.25, 0.3) is 0 Å². The molecule has 1 aliphatic rings. The van der Waals surface area contributed by atoms with Gasteiger partial charge in [0.05, 0.1) is 12.2 Å². The number of rotatable bonds is 5. The highest BCUT2D eigenvalue weighted by atomic mass is 16.5. The topological polar surface area (TPSA) is 41.9 Å². The fourth-order valence-corrected chi connectivity index (χ4v) is 2.69. The first-order valence-electron chi connectivity index (χ1n) is 7.29. The van der Waals surface area contributed by atoms with Crippen molar-refractivity contribution in [3.63, 3.8) is 0 Å². The molecule has 3 atom stereocenters. The molecule has 1 aliphatic heterocycles. The smallest absolute Gasteiger partial charge is 0.122 e. The molecule has 0 amide bonds. The van der Waals surface area contributed by atoms with Crippen molar-refractivity contribution in [1.29, 1.82) is 0 Å². The highest BCUT2D eigenvalue weighted by Gasteiger charge is 2.23. The first kappa shape index (κ1) is 15.3. The summed E-state index contributed by atoms with van der Waals surface area (Å²) in [5, 5.41) is 10.1. The molecule has 1 aromatic carbocycles. The Morgan fingerprint density at radius 3 is 2.60 bits per heavy atom. The summed E-state index contributed by atoms with van der Waals surface area (Å²) in [5.41, 5.74) is 1.09. The number of ether oxygens (including phenoxy) is 2. The number of aliphatic hydroxyl groups excluding tert-OH is 1. The van der Waals surface area contributed by atoms with Crippen molar-refractivity contribution in [3.05, 3.63) is 29.8 Å². The molecule has 0 aromatic heterocycles. The van der Waals surface area contributed by atoms with Gasteiger partial charge >= 0.3 is 0 Å². The van der Waals surface area contributed by atoms with E-state index in [-0.39, 0.29) is 12.2 Å². The predicted octanol–water partition coefficient (Wildman–Crippen LogP) is 1.84. The van der Waals surface area contributed by atoms with Crippen molar-refractivity contribution in [2.24, 2.45) is 0 Å². The lowest BCUT2D eigenvalue weighted by molar-refractivity contribution is -0.0786. The van der Waals surface area contributed by atoms with E-state index in [1.165, 1.54) is 0 Å². The summed E-state index contributed by atoms with van der Waals surface area (Å²) >= 11 is 0. The van der Waals surface area contributed by atoms with Gasteiger partial charge in [-0.2, -0.15) is 0 Å². The molecule has 20 heavy (non-hydrogen) atoms. The SMILES string of the molecule is Cc1ccccc1OCC(O)CN1CC(C)OC(C)C1. The molecule has 4 heteroatoms. The molecule has 1 fully saturated rings. The van der Waals surface area contributed by atoms with Gasteiger partial charge in [0.1, 0.15) is 18.5 Å². The van der Waals surface area contributed by atoms with E-state index in [0.717, 1.165) is 24.4 Å². The van der Waals surface area contributed by atoms with Crippen LogP contribution < -0.4 is 4.74 Å². The van der Waals surface area contributed by atoms with Gasteiger partial charge in [-0.3, -0.25) is 4.90 Å². The van der Waals surface area contributed by atoms with Crippen LogP contribution in [0.3, 0.4) is 0 Å². The van der Waals surface area contributed by atoms with Gasteiger partial charge in [0.2, 0.25) is 0 Å². The Bertz CT molecular complexity index is 414. The Kier molecular flexibility index (Phi) is 5.40. The van der Waals surface area contributed by atoms with Crippen LogP contribution in [0.2, 0.25) is 0 Å². The van der Waals surface area contributed by atoms with Gasteiger partial charge in [0.15, 0.2) is 0 Å². The zero-order valence-electron chi connectivity index (χ0n) is 12.6. The average molecular weight is 279 g/mol. The molecule has 1 N–H and O–H groups in total. The first-order valence-corrected chi connectivity index (χ1v) is 7.29. The molecular formula is C16H25NO3. The largest absolute Gasteiger partial charge is 0.491 e. The van der Waals surface area contributed by atoms with Crippen LogP contribution in [-0.4, -0.2) is 54.6 Å². The molecule has 4 nitrogen and oxygen atoms in total. The molecule has 1 aromatic rings. The van der Waals surface area contributed by atoms with E-state index in [9.17, 15) is 5.11 Å². The molecule has 2 rings (SSSR count). The van der Waals surface area contributed by atoms with Gasteiger partial charge in [-0.05, 0) is 32.4 Å². The van der Waals surface area contributed by atoms with Gasteiger partial charge in [-0.15, -0.1) is 0 Å². The molecular weight excluding hydrogens is 254 g/mol. The number of benzene rings is 1. The minimum absolute atomic E-state index is 0.225. The average Bonchev–Trinajstić information content (AvgIpc) is 2.36. The molecule has 1 heterocycles. The highest BCUT2D eigenvalue weighted by molar-refractivity contribution is 5.31. The van der Waals surface area contributed by atoms with Gasteiger partial charge in [-0.25, -0.2) is 0 Å². The number of β-amino-alcohol motifs (C(OH)–C–C–N with tert-alkyl or cyclic N) is 1. The summed E-state index contributed by atoms with van der Waals surface area (Å²) in [6.07, 6.45) is -0.0291. The van der Waals surface area contributed by atoms with Crippen LogP contribution in [-0.2, 0) is 4.74 Å². The number of hydrogen-bond donors (Lipinski definition) is 1. The van der Waals surface area contributed by atoms with E-state index in [1.54, 1.807) is 0 Å². The number of nitrogens with zero attached hydrogens (tertiary/aromatic N) is 1. The number of para-hydroxylation sites is 1. The highest BCUT2D eigenvalue weighted by Crippen LogP contribution is 2.17. The normalized spacial score (nSPS) is 25.4. The van der Waals surface area contributed by atoms with Crippen LogP contribution >= 0.6 is 0 Å². The van der Waals surface area contributed by atoms with E-state index in [2.05, 4.69) is 18.7 Å². The summed E-state index contributed by atoms with van der Waals surface area (Å²) in [6.45, 7) is 8.83. The van der Waals surface area contributed by atoms with Crippen molar-refractivity contribution < 1.29 is 14.6 Å². The Morgan fingerprint density at radius 1 is 1.30 bits per heavy atom. The van der Waals surface area contributed by atoms with Crippen LogP contribution in [0.15, 0.2) is 24.3 Å². The predicted molar refractivity (Wildman–Crippen MR) is 79.1 cm³/mol. The molecule has 112 valence electrons. The molecule has 0 saturated carbocycles. The van der Waals surface area contributed by atoms with Crippen molar-refractivity contribution in [3.8, 4) is 5.75 Å². The lowest BCUT2D eigenvalue weighted by atomic mass is 10.2. The minimum Gasteiger partial charge on any atom is -0.491 e. The standard InChI is InChI=1S/C16H25NO3/c1-12-6-4-5-7-16(12)19-11-15(18)10-17-8-13(2)20-14(3)9-17/h4-7,13-15,18H,8-11H2,1-3H3. The molecule has 1 saturated heterocycles. The second-order valence-corrected chi connectivity index (χ2v) is 5.71. The molecule has 0 bridgehead atoms. The molecule has 0 spiro atoms.